The number of anilines is 1. The highest BCUT2D eigenvalue weighted by atomic mass is 32.1. The fourth-order valence-electron chi connectivity index (χ4n) is 4.82. The summed E-state index contributed by atoms with van der Waals surface area (Å²) in [5.74, 6) is -1.21. The van der Waals surface area contributed by atoms with E-state index in [2.05, 4.69) is 31.1 Å². The van der Waals surface area contributed by atoms with Crippen LogP contribution in [0.15, 0.2) is 11.1 Å². The van der Waals surface area contributed by atoms with Gasteiger partial charge in [-0.25, -0.2) is 14.6 Å². The number of esters is 2. The van der Waals surface area contributed by atoms with Gasteiger partial charge in [-0.3, -0.25) is 14.2 Å². The minimum absolute atomic E-state index is 0.106. The molecule has 0 aliphatic heterocycles. The van der Waals surface area contributed by atoms with Crippen molar-refractivity contribution in [2.75, 3.05) is 18.5 Å². The van der Waals surface area contributed by atoms with Crippen molar-refractivity contribution >= 4 is 55.7 Å². The zero-order valence-electron chi connectivity index (χ0n) is 22.6. The largest absolute Gasteiger partial charge is 0.462 e. The van der Waals surface area contributed by atoms with E-state index in [4.69, 9.17) is 9.47 Å². The molecule has 204 valence electrons. The van der Waals surface area contributed by atoms with E-state index in [9.17, 15) is 19.2 Å². The number of carbonyl (C=O) groups excluding carboxylic acids is 3. The lowest BCUT2D eigenvalue weighted by Gasteiger charge is -2.33. The summed E-state index contributed by atoms with van der Waals surface area (Å²) >= 11 is 2.51. The first-order chi connectivity index (χ1) is 18.0. The zero-order valence-corrected chi connectivity index (χ0v) is 24.2. The minimum Gasteiger partial charge on any atom is -0.462 e. The Morgan fingerprint density at radius 1 is 1.13 bits per heavy atom. The van der Waals surface area contributed by atoms with E-state index < -0.39 is 17.8 Å². The number of aromatic nitrogens is 2. The van der Waals surface area contributed by atoms with Gasteiger partial charge >= 0.3 is 11.9 Å². The van der Waals surface area contributed by atoms with Crippen molar-refractivity contribution in [3.8, 4) is 0 Å². The number of ether oxygens (including phenoxy) is 2. The van der Waals surface area contributed by atoms with Gasteiger partial charge in [0.2, 0.25) is 5.91 Å². The van der Waals surface area contributed by atoms with Gasteiger partial charge in [0, 0.05) is 4.88 Å². The van der Waals surface area contributed by atoms with Crippen molar-refractivity contribution in [2.45, 2.75) is 67.3 Å². The quantitative estimate of drug-likeness (QED) is 0.406. The molecule has 0 radical (unpaired) electrons. The van der Waals surface area contributed by atoms with Gasteiger partial charge in [-0.05, 0) is 62.5 Å². The van der Waals surface area contributed by atoms with Crippen LogP contribution in [0.4, 0.5) is 5.00 Å². The molecule has 11 heteroatoms. The lowest BCUT2D eigenvalue weighted by molar-refractivity contribution is -0.116. The smallest absolute Gasteiger partial charge is 0.348 e. The highest BCUT2D eigenvalue weighted by molar-refractivity contribution is 7.19. The Labute approximate surface area is 229 Å². The number of thiophene rings is 2. The van der Waals surface area contributed by atoms with Gasteiger partial charge in [0.25, 0.3) is 5.56 Å². The number of amides is 1. The number of hydrogen-bond donors (Lipinski definition) is 1. The van der Waals surface area contributed by atoms with E-state index >= 15 is 0 Å². The standard InChI is InChI=1S/C27H33N3O6S2/c1-7-35-25(33)19-14(3)21(26(34)36-8-2)38-23(19)29-18(31)12-30-13-28-22-20(24(30)32)16-10-9-15(27(4,5)6)11-17(16)37-22/h13,15H,7-12H2,1-6H3,(H,29,31). The molecule has 1 aliphatic rings. The van der Waals surface area contributed by atoms with Crippen LogP contribution in [0.2, 0.25) is 0 Å². The number of carbonyl (C=O) groups is 3. The monoisotopic (exact) mass is 559 g/mol. The maximum atomic E-state index is 13.4. The fourth-order valence-corrected chi connectivity index (χ4v) is 7.18. The van der Waals surface area contributed by atoms with Crippen LogP contribution in [0.1, 0.15) is 77.1 Å². The van der Waals surface area contributed by atoms with Crippen molar-refractivity contribution in [1.29, 1.82) is 0 Å². The molecule has 0 aromatic carbocycles. The Kier molecular flexibility index (Phi) is 8.08. The van der Waals surface area contributed by atoms with Crippen molar-refractivity contribution in [2.24, 2.45) is 11.3 Å². The van der Waals surface area contributed by atoms with Gasteiger partial charge in [0.1, 0.15) is 21.3 Å². The number of fused-ring (bicyclic) bond motifs is 3. The molecule has 0 bridgehead atoms. The van der Waals surface area contributed by atoms with E-state index in [-0.39, 0.29) is 46.2 Å². The molecule has 0 spiro atoms. The van der Waals surface area contributed by atoms with Crippen molar-refractivity contribution in [3.63, 3.8) is 0 Å². The molecule has 0 saturated heterocycles. The van der Waals surface area contributed by atoms with Crippen LogP contribution in [0.3, 0.4) is 0 Å². The lowest BCUT2D eigenvalue weighted by Crippen LogP contribution is -2.29. The number of hydrogen-bond acceptors (Lipinski definition) is 9. The molecule has 0 saturated carbocycles. The predicted molar refractivity (Wildman–Crippen MR) is 148 cm³/mol. The van der Waals surface area contributed by atoms with E-state index in [0.717, 1.165) is 36.2 Å². The van der Waals surface area contributed by atoms with Crippen LogP contribution in [0.5, 0.6) is 0 Å². The maximum absolute atomic E-state index is 13.4. The van der Waals surface area contributed by atoms with Crippen molar-refractivity contribution in [1.82, 2.24) is 9.55 Å². The second-order valence-corrected chi connectivity index (χ2v) is 12.5. The molecule has 3 heterocycles. The molecule has 38 heavy (non-hydrogen) atoms. The average molecular weight is 560 g/mol. The minimum atomic E-state index is -0.647. The molecule has 9 nitrogen and oxygen atoms in total. The van der Waals surface area contributed by atoms with E-state index in [1.807, 2.05) is 0 Å². The van der Waals surface area contributed by atoms with Crippen LogP contribution >= 0.6 is 22.7 Å². The SMILES string of the molecule is CCOC(=O)c1sc(NC(=O)Cn2cnc3sc4c(c3c2=O)CCC(C(C)(C)C)C4)c(C(=O)OCC)c1C. The number of nitrogens with one attached hydrogen (secondary N) is 1. The van der Waals surface area contributed by atoms with Crippen molar-refractivity contribution < 1.29 is 23.9 Å². The Bertz CT molecular complexity index is 1460. The van der Waals surface area contributed by atoms with Gasteiger partial charge in [-0.15, -0.1) is 22.7 Å². The molecular formula is C27H33N3O6S2. The predicted octanol–water partition coefficient (Wildman–Crippen LogP) is 4.97. The topological polar surface area (TPSA) is 117 Å². The Morgan fingerprint density at radius 3 is 2.47 bits per heavy atom. The normalized spacial score (nSPS) is 15.3. The first kappa shape index (κ1) is 28.0. The molecule has 1 atom stereocenters. The number of nitrogens with zero attached hydrogens (tertiary/aromatic N) is 2. The van der Waals surface area contributed by atoms with Gasteiger partial charge in [-0.1, -0.05) is 20.8 Å². The van der Waals surface area contributed by atoms with Crippen LogP contribution in [0, 0.1) is 18.3 Å². The van der Waals surface area contributed by atoms with Crippen LogP contribution in [0.25, 0.3) is 10.2 Å². The molecular weight excluding hydrogens is 526 g/mol. The molecule has 0 fully saturated rings. The zero-order chi connectivity index (χ0) is 27.8. The molecule has 3 aromatic rings. The second kappa shape index (κ2) is 11.0. The number of aryl methyl sites for hydroxylation is 1. The van der Waals surface area contributed by atoms with Crippen LogP contribution < -0.4 is 10.9 Å². The van der Waals surface area contributed by atoms with E-state index in [1.54, 1.807) is 32.1 Å². The average Bonchev–Trinajstić information content (AvgIpc) is 3.37. The highest BCUT2D eigenvalue weighted by Gasteiger charge is 2.32. The summed E-state index contributed by atoms with van der Waals surface area (Å²) < 4.78 is 11.5. The van der Waals surface area contributed by atoms with Crippen LogP contribution in [-0.2, 0) is 33.7 Å². The summed E-state index contributed by atoms with van der Waals surface area (Å²) in [6, 6.07) is 0. The lowest BCUT2D eigenvalue weighted by atomic mass is 9.72. The van der Waals surface area contributed by atoms with Crippen LogP contribution in [-0.4, -0.2) is 40.6 Å². The molecule has 1 aliphatic carbocycles. The molecule has 1 N–H and O–H groups in total. The fraction of sp³-hybridized carbons (Fsp3) is 0.519. The van der Waals surface area contributed by atoms with Crippen molar-refractivity contribution in [3.05, 3.63) is 43.1 Å². The summed E-state index contributed by atoms with van der Waals surface area (Å²) in [7, 11) is 0. The summed E-state index contributed by atoms with van der Waals surface area (Å²) in [5, 5.41) is 3.47. The van der Waals surface area contributed by atoms with E-state index in [0.29, 0.717) is 21.7 Å². The van der Waals surface area contributed by atoms with Gasteiger partial charge in [-0.2, -0.15) is 0 Å². The molecule has 3 aromatic heterocycles. The van der Waals surface area contributed by atoms with E-state index in [1.165, 1.54) is 15.8 Å². The summed E-state index contributed by atoms with van der Waals surface area (Å²) in [6.45, 7) is 11.7. The van der Waals surface area contributed by atoms with Gasteiger partial charge in [0.05, 0.1) is 30.5 Å². The first-order valence-electron chi connectivity index (χ1n) is 12.7. The van der Waals surface area contributed by atoms with Gasteiger partial charge in [0.15, 0.2) is 0 Å². The van der Waals surface area contributed by atoms with Gasteiger partial charge < -0.3 is 14.8 Å². The maximum Gasteiger partial charge on any atom is 0.348 e. The molecule has 4 rings (SSSR count). The third-order valence-electron chi connectivity index (χ3n) is 6.91. The Hall–Kier alpha value is -3.05. The second-order valence-electron chi connectivity index (χ2n) is 10.4. The third kappa shape index (κ3) is 5.40. The first-order valence-corrected chi connectivity index (χ1v) is 14.4. The summed E-state index contributed by atoms with van der Waals surface area (Å²) in [5.41, 5.74) is 1.47. The third-order valence-corrected chi connectivity index (χ3v) is 9.26. The summed E-state index contributed by atoms with van der Waals surface area (Å²) in [6.07, 6.45) is 4.15. The summed E-state index contributed by atoms with van der Waals surface area (Å²) in [4.78, 5) is 58.1. The molecule has 1 amide bonds. The Morgan fingerprint density at radius 2 is 1.82 bits per heavy atom. The highest BCUT2D eigenvalue weighted by Crippen LogP contribution is 2.42. The number of rotatable bonds is 7. The Balaban J connectivity index is 1.61. The molecule has 1 unspecified atom stereocenters.